The zero-order valence-corrected chi connectivity index (χ0v) is 15.3. The molecule has 0 saturated heterocycles. The minimum Gasteiger partial charge on any atom is -0.494 e. The third-order valence-electron chi connectivity index (χ3n) is 3.48. The summed E-state index contributed by atoms with van der Waals surface area (Å²) >= 11 is 1.57. The van der Waals surface area contributed by atoms with Gasteiger partial charge in [-0.25, -0.2) is 0 Å². The van der Waals surface area contributed by atoms with Crippen LogP contribution in [0, 0.1) is 0 Å². The summed E-state index contributed by atoms with van der Waals surface area (Å²) in [5.41, 5.74) is 0.830. The fourth-order valence-corrected chi connectivity index (χ4v) is 3.01. The largest absolute Gasteiger partial charge is 0.494 e. The van der Waals surface area contributed by atoms with Crippen molar-refractivity contribution in [2.75, 3.05) is 18.5 Å². The molecule has 3 rings (SSSR count). The van der Waals surface area contributed by atoms with Gasteiger partial charge < -0.3 is 19.2 Å². The Morgan fingerprint density at radius 1 is 1.16 bits per heavy atom. The van der Waals surface area contributed by atoms with Gasteiger partial charge in [-0.2, -0.15) is 0 Å². The summed E-state index contributed by atoms with van der Waals surface area (Å²) in [6, 6.07) is 9.46. The molecular formula is C18H21N3O3S. The second-order valence-corrected chi connectivity index (χ2v) is 6.26. The van der Waals surface area contributed by atoms with E-state index in [2.05, 4.69) is 15.5 Å². The molecule has 1 aromatic carbocycles. The number of hydrogen-bond donors (Lipinski definition) is 1. The SMILES string of the molecule is CCOc1ccc(OCC)c(NC(C)c2nnc(-c3cccs3)o2)c1. The standard InChI is InChI=1S/C18H21N3O3S/c1-4-22-13-8-9-15(23-5-2)14(11-13)19-12(3)17-20-21-18(24-17)16-7-6-10-25-16/h6-12,19H,4-5H2,1-3H3. The number of thiophene rings is 1. The van der Waals surface area contributed by atoms with Crippen molar-refractivity contribution in [3.8, 4) is 22.3 Å². The lowest BCUT2D eigenvalue weighted by molar-refractivity contribution is 0.331. The highest BCUT2D eigenvalue weighted by atomic mass is 32.1. The van der Waals surface area contributed by atoms with Crippen LogP contribution in [0.2, 0.25) is 0 Å². The Kier molecular flexibility index (Phi) is 5.55. The smallest absolute Gasteiger partial charge is 0.257 e. The van der Waals surface area contributed by atoms with Gasteiger partial charge in [-0.3, -0.25) is 0 Å². The zero-order valence-electron chi connectivity index (χ0n) is 14.5. The normalized spacial score (nSPS) is 12.0. The molecule has 0 spiro atoms. The maximum atomic E-state index is 5.79. The van der Waals surface area contributed by atoms with E-state index in [0.717, 1.165) is 22.1 Å². The Bertz CT molecular complexity index is 802. The lowest BCUT2D eigenvalue weighted by Gasteiger charge is -2.17. The number of nitrogens with one attached hydrogen (secondary N) is 1. The number of rotatable bonds is 8. The summed E-state index contributed by atoms with van der Waals surface area (Å²) in [5, 5.41) is 13.6. The molecule has 3 aromatic rings. The maximum Gasteiger partial charge on any atom is 0.257 e. The fourth-order valence-electron chi connectivity index (χ4n) is 2.36. The Morgan fingerprint density at radius 3 is 2.72 bits per heavy atom. The molecule has 1 N–H and O–H groups in total. The van der Waals surface area contributed by atoms with E-state index in [9.17, 15) is 0 Å². The van der Waals surface area contributed by atoms with Crippen LogP contribution >= 0.6 is 11.3 Å². The van der Waals surface area contributed by atoms with Crippen LogP contribution in [0.15, 0.2) is 40.1 Å². The van der Waals surface area contributed by atoms with Crippen LogP contribution in [0.4, 0.5) is 5.69 Å². The molecule has 0 saturated carbocycles. The number of nitrogens with zero attached hydrogens (tertiary/aromatic N) is 2. The molecular weight excluding hydrogens is 338 g/mol. The Labute approximate surface area is 150 Å². The van der Waals surface area contributed by atoms with Crippen LogP contribution < -0.4 is 14.8 Å². The van der Waals surface area contributed by atoms with Crippen molar-refractivity contribution in [1.29, 1.82) is 0 Å². The van der Waals surface area contributed by atoms with Crippen LogP contribution in [0.5, 0.6) is 11.5 Å². The average Bonchev–Trinajstić information content (AvgIpc) is 3.28. The molecule has 7 heteroatoms. The highest BCUT2D eigenvalue weighted by Crippen LogP contribution is 2.33. The van der Waals surface area contributed by atoms with E-state index >= 15 is 0 Å². The third-order valence-corrected chi connectivity index (χ3v) is 4.33. The summed E-state index contributed by atoms with van der Waals surface area (Å²) in [5.74, 6) is 2.60. The van der Waals surface area contributed by atoms with E-state index in [4.69, 9.17) is 13.9 Å². The van der Waals surface area contributed by atoms with Crippen molar-refractivity contribution in [2.24, 2.45) is 0 Å². The summed E-state index contributed by atoms with van der Waals surface area (Å²) in [6.07, 6.45) is 0. The van der Waals surface area contributed by atoms with Crippen LogP contribution in [-0.2, 0) is 0 Å². The van der Waals surface area contributed by atoms with Gasteiger partial charge in [-0.05, 0) is 44.4 Å². The monoisotopic (exact) mass is 359 g/mol. The van der Waals surface area contributed by atoms with E-state index in [0.29, 0.717) is 25.0 Å². The summed E-state index contributed by atoms with van der Waals surface area (Å²) in [6.45, 7) is 7.07. The van der Waals surface area contributed by atoms with Gasteiger partial charge in [0, 0.05) is 6.07 Å². The Balaban J connectivity index is 1.79. The summed E-state index contributed by atoms with van der Waals surface area (Å²) in [7, 11) is 0. The van der Waals surface area contributed by atoms with E-state index < -0.39 is 0 Å². The second kappa shape index (κ2) is 8.02. The molecule has 0 aliphatic heterocycles. The van der Waals surface area contributed by atoms with Crippen molar-refractivity contribution >= 4 is 17.0 Å². The van der Waals surface area contributed by atoms with Gasteiger partial charge >= 0.3 is 0 Å². The van der Waals surface area contributed by atoms with Crippen LogP contribution in [0.1, 0.15) is 32.7 Å². The van der Waals surface area contributed by atoms with Gasteiger partial charge in [-0.15, -0.1) is 21.5 Å². The van der Waals surface area contributed by atoms with Crippen molar-refractivity contribution in [1.82, 2.24) is 10.2 Å². The first-order chi connectivity index (χ1) is 12.2. The highest BCUT2D eigenvalue weighted by Gasteiger charge is 2.17. The minimum atomic E-state index is -0.169. The van der Waals surface area contributed by atoms with Crippen LogP contribution in [0.25, 0.3) is 10.8 Å². The molecule has 2 heterocycles. The minimum absolute atomic E-state index is 0.169. The quantitative estimate of drug-likeness (QED) is 0.625. The van der Waals surface area contributed by atoms with Crippen molar-refractivity contribution in [2.45, 2.75) is 26.8 Å². The predicted octanol–water partition coefficient (Wildman–Crippen LogP) is 4.77. The number of benzene rings is 1. The molecule has 0 amide bonds. The molecule has 0 aliphatic carbocycles. The molecule has 25 heavy (non-hydrogen) atoms. The van der Waals surface area contributed by atoms with E-state index in [1.165, 1.54) is 0 Å². The molecule has 0 aliphatic rings. The molecule has 2 aromatic heterocycles. The molecule has 0 radical (unpaired) electrons. The highest BCUT2D eigenvalue weighted by molar-refractivity contribution is 7.13. The van der Waals surface area contributed by atoms with Crippen LogP contribution in [0.3, 0.4) is 0 Å². The lowest BCUT2D eigenvalue weighted by Crippen LogP contribution is -2.09. The van der Waals surface area contributed by atoms with Crippen molar-refractivity contribution < 1.29 is 13.9 Å². The molecule has 0 bridgehead atoms. The lowest BCUT2D eigenvalue weighted by atomic mass is 10.2. The predicted molar refractivity (Wildman–Crippen MR) is 98.4 cm³/mol. The van der Waals surface area contributed by atoms with Crippen molar-refractivity contribution in [3.63, 3.8) is 0 Å². The van der Waals surface area contributed by atoms with E-state index in [1.807, 2.05) is 56.5 Å². The number of hydrogen-bond acceptors (Lipinski definition) is 7. The molecule has 132 valence electrons. The summed E-state index contributed by atoms with van der Waals surface area (Å²) < 4.78 is 17.1. The van der Waals surface area contributed by atoms with Crippen molar-refractivity contribution in [3.05, 3.63) is 41.6 Å². The maximum absolute atomic E-state index is 5.79. The number of ether oxygens (including phenoxy) is 2. The van der Waals surface area contributed by atoms with Gasteiger partial charge in [0.05, 0.1) is 23.8 Å². The number of aromatic nitrogens is 2. The van der Waals surface area contributed by atoms with Gasteiger partial charge in [0.2, 0.25) is 5.89 Å². The first kappa shape index (κ1) is 17.3. The van der Waals surface area contributed by atoms with Gasteiger partial charge in [0.15, 0.2) is 0 Å². The van der Waals surface area contributed by atoms with E-state index in [-0.39, 0.29) is 6.04 Å². The average molecular weight is 359 g/mol. The molecule has 6 nitrogen and oxygen atoms in total. The Hall–Kier alpha value is -2.54. The Morgan fingerprint density at radius 2 is 2.00 bits per heavy atom. The first-order valence-corrected chi connectivity index (χ1v) is 9.12. The molecule has 1 unspecified atom stereocenters. The summed E-state index contributed by atoms with van der Waals surface area (Å²) in [4.78, 5) is 0.958. The van der Waals surface area contributed by atoms with Gasteiger partial charge in [0.1, 0.15) is 17.5 Å². The fraction of sp³-hybridized carbons (Fsp3) is 0.333. The van der Waals surface area contributed by atoms with Crippen LogP contribution in [-0.4, -0.2) is 23.4 Å². The van der Waals surface area contributed by atoms with E-state index in [1.54, 1.807) is 11.3 Å². The zero-order chi connectivity index (χ0) is 17.6. The second-order valence-electron chi connectivity index (χ2n) is 5.31. The molecule has 1 atom stereocenters. The van der Waals surface area contributed by atoms with Gasteiger partial charge in [-0.1, -0.05) is 6.07 Å². The molecule has 0 fully saturated rings. The third kappa shape index (κ3) is 4.11. The first-order valence-electron chi connectivity index (χ1n) is 8.24. The topological polar surface area (TPSA) is 69.4 Å². The number of anilines is 1. The van der Waals surface area contributed by atoms with Gasteiger partial charge in [0.25, 0.3) is 5.89 Å².